The second-order valence-electron chi connectivity index (χ2n) is 3.24. The molecular formula is C10H18O. The summed E-state index contributed by atoms with van der Waals surface area (Å²) in [5.74, 6) is 0.810. The lowest BCUT2D eigenvalue weighted by atomic mass is 10.1. The molecule has 0 saturated carbocycles. The van der Waals surface area contributed by atoms with Gasteiger partial charge in [-0.1, -0.05) is 32.8 Å². The van der Waals surface area contributed by atoms with Crippen molar-refractivity contribution >= 4 is 6.29 Å². The Hall–Kier alpha value is -0.590. The molecule has 0 N–H and O–H groups in total. The standard InChI is InChI=1S/C10H18O/c1-10(2)8-6-4-3-5-7-9-11/h5,7,9-10H,3-4,6,8H2,1-2H3/b7-5+. The zero-order valence-corrected chi connectivity index (χ0v) is 7.55. The largest absolute Gasteiger partial charge is 0.299 e. The fraction of sp³-hybridized carbons (Fsp3) is 0.700. The zero-order valence-electron chi connectivity index (χ0n) is 7.55. The highest BCUT2D eigenvalue weighted by atomic mass is 16.1. The van der Waals surface area contributed by atoms with Gasteiger partial charge in [0.2, 0.25) is 0 Å². The topological polar surface area (TPSA) is 17.1 Å². The number of rotatable bonds is 6. The van der Waals surface area contributed by atoms with Crippen LogP contribution in [0.15, 0.2) is 12.2 Å². The minimum Gasteiger partial charge on any atom is -0.299 e. The van der Waals surface area contributed by atoms with Crippen molar-refractivity contribution in [2.45, 2.75) is 39.5 Å². The first kappa shape index (κ1) is 10.4. The van der Waals surface area contributed by atoms with E-state index in [4.69, 9.17) is 0 Å². The van der Waals surface area contributed by atoms with Gasteiger partial charge in [0, 0.05) is 0 Å². The second-order valence-corrected chi connectivity index (χ2v) is 3.24. The molecule has 1 nitrogen and oxygen atoms in total. The number of carbonyl (C=O) groups excluding carboxylic acids is 1. The van der Waals surface area contributed by atoms with Crippen LogP contribution in [-0.4, -0.2) is 6.29 Å². The van der Waals surface area contributed by atoms with Gasteiger partial charge in [-0.05, 0) is 24.8 Å². The van der Waals surface area contributed by atoms with Crippen molar-refractivity contribution < 1.29 is 4.79 Å². The maximum Gasteiger partial charge on any atom is 0.142 e. The van der Waals surface area contributed by atoms with Crippen molar-refractivity contribution in [3.8, 4) is 0 Å². The van der Waals surface area contributed by atoms with Crippen LogP contribution in [0.2, 0.25) is 0 Å². The molecule has 0 aromatic carbocycles. The third-order valence-corrected chi connectivity index (χ3v) is 1.62. The molecule has 0 saturated heterocycles. The van der Waals surface area contributed by atoms with Gasteiger partial charge < -0.3 is 0 Å². The SMILES string of the molecule is CC(C)CCCC/C=C/C=O. The van der Waals surface area contributed by atoms with E-state index in [9.17, 15) is 4.79 Å². The van der Waals surface area contributed by atoms with Crippen LogP contribution in [0, 0.1) is 5.92 Å². The zero-order chi connectivity index (χ0) is 8.53. The maximum absolute atomic E-state index is 9.86. The fourth-order valence-electron chi connectivity index (χ4n) is 0.967. The summed E-state index contributed by atoms with van der Waals surface area (Å²) < 4.78 is 0. The molecule has 0 rings (SSSR count). The van der Waals surface area contributed by atoms with Crippen LogP contribution in [0.4, 0.5) is 0 Å². The highest BCUT2D eigenvalue weighted by Gasteiger charge is 1.91. The van der Waals surface area contributed by atoms with Crippen molar-refractivity contribution in [1.29, 1.82) is 0 Å². The Kier molecular flexibility index (Phi) is 7.11. The molecule has 0 amide bonds. The molecule has 0 aromatic rings. The summed E-state index contributed by atoms with van der Waals surface area (Å²) >= 11 is 0. The van der Waals surface area contributed by atoms with Crippen molar-refractivity contribution in [2.24, 2.45) is 5.92 Å². The molecule has 64 valence electrons. The Labute approximate surface area is 69.5 Å². The van der Waals surface area contributed by atoms with E-state index in [2.05, 4.69) is 13.8 Å². The van der Waals surface area contributed by atoms with Gasteiger partial charge in [0.05, 0.1) is 0 Å². The summed E-state index contributed by atoms with van der Waals surface area (Å²) in [7, 11) is 0. The summed E-state index contributed by atoms with van der Waals surface area (Å²) in [5, 5.41) is 0. The van der Waals surface area contributed by atoms with Crippen LogP contribution >= 0.6 is 0 Å². The summed E-state index contributed by atoms with van der Waals surface area (Å²) in [6.07, 6.45) is 9.19. The fourth-order valence-corrected chi connectivity index (χ4v) is 0.967. The third kappa shape index (κ3) is 9.41. The molecule has 0 aliphatic carbocycles. The number of allylic oxidation sites excluding steroid dienone is 2. The third-order valence-electron chi connectivity index (χ3n) is 1.62. The van der Waals surface area contributed by atoms with Crippen LogP contribution in [0.3, 0.4) is 0 Å². The van der Waals surface area contributed by atoms with Crippen LogP contribution in [0.25, 0.3) is 0 Å². The maximum atomic E-state index is 9.86. The Morgan fingerprint density at radius 1 is 1.27 bits per heavy atom. The second kappa shape index (κ2) is 7.52. The first-order valence-corrected chi connectivity index (χ1v) is 4.37. The van der Waals surface area contributed by atoms with E-state index in [0.717, 1.165) is 18.6 Å². The van der Waals surface area contributed by atoms with E-state index in [1.54, 1.807) is 6.08 Å². The smallest absolute Gasteiger partial charge is 0.142 e. The van der Waals surface area contributed by atoms with E-state index < -0.39 is 0 Å². The first-order chi connectivity index (χ1) is 5.27. The van der Waals surface area contributed by atoms with Crippen molar-refractivity contribution in [1.82, 2.24) is 0 Å². The highest BCUT2D eigenvalue weighted by Crippen LogP contribution is 2.07. The molecule has 11 heavy (non-hydrogen) atoms. The van der Waals surface area contributed by atoms with Crippen LogP contribution in [-0.2, 0) is 4.79 Å². The molecule has 0 unspecified atom stereocenters. The minimum absolute atomic E-state index is 0.810. The lowest BCUT2D eigenvalue weighted by molar-refractivity contribution is -0.104. The Balaban J connectivity index is 3.02. The van der Waals surface area contributed by atoms with Crippen molar-refractivity contribution in [3.63, 3.8) is 0 Å². The van der Waals surface area contributed by atoms with Gasteiger partial charge in [-0.3, -0.25) is 4.79 Å². The molecule has 0 aromatic heterocycles. The molecule has 0 heterocycles. The van der Waals surface area contributed by atoms with Gasteiger partial charge in [0.1, 0.15) is 6.29 Å². The summed E-state index contributed by atoms with van der Waals surface area (Å²) in [6.45, 7) is 4.47. The molecule has 0 bridgehead atoms. The van der Waals surface area contributed by atoms with Crippen LogP contribution < -0.4 is 0 Å². The highest BCUT2D eigenvalue weighted by molar-refractivity contribution is 5.64. The summed E-state index contributed by atoms with van der Waals surface area (Å²) in [4.78, 5) is 9.86. The lowest BCUT2D eigenvalue weighted by Crippen LogP contribution is -1.85. The quantitative estimate of drug-likeness (QED) is 0.326. The minimum atomic E-state index is 0.810. The van der Waals surface area contributed by atoms with E-state index in [1.165, 1.54) is 19.3 Å². The molecule has 0 aliphatic rings. The Bertz CT molecular complexity index is 114. The molecule has 0 spiro atoms. The van der Waals surface area contributed by atoms with E-state index in [1.807, 2.05) is 6.08 Å². The van der Waals surface area contributed by atoms with Gasteiger partial charge in [-0.15, -0.1) is 0 Å². The van der Waals surface area contributed by atoms with Gasteiger partial charge in [0.25, 0.3) is 0 Å². The predicted molar refractivity (Wildman–Crippen MR) is 48.5 cm³/mol. The average Bonchev–Trinajstić information content (AvgIpc) is 1.96. The van der Waals surface area contributed by atoms with E-state index in [-0.39, 0.29) is 0 Å². The summed E-state index contributed by atoms with van der Waals surface area (Å²) in [6, 6.07) is 0. The lowest BCUT2D eigenvalue weighted by Gasteiger charge is -2.01. The number of hydrogen-bond acceptors (Lipinski definition) is 1. The predicted octanol–water partition coefficient (Wildman–Crippen LogP) is 2.96. The summed E-state index contributed by atoms with van der Waals surface area (Å²) in [5.41, 5.74) is 0. The Morgan fingerprint density at radius 3 is 2.55 bits per heavy atom. The molecular weight excluding hydrogens is 136 g/mol. The number of unbranched alkanes of at least 4 members (excludes halogenated alkanes) is 2. The van der Waals surface area contributed by atoms with Crippen LogP contribution in [0.1, 0.15) is 39.5 Å². The molecule has 0 radical (unpaired) electrons. The van der Waals surface area contributed by atoms with Gasteiger partial charge >= 0.3 is 0 Å². The number of aldehydes is 1. The van der Waals surface area contributed by atoms with Crippen LogP contribution in [0.5, 0.6) is 0 Å². The van der Waals surface area contributed by atoms with E-state index in [0.29, 0.717) is 0 Å². The monoisotopic (exact) mass is 154 g/mol. The van der Waals surface area contributed by atoms with Crippen molar-refractivity contribution in [3.05, 3.63) is 12.2 Å². The number of hydrogen-bond donors (Lipinski definition) is 0. The van der Waals surface area contributed by atoms with Gasteiger partial charge in [-0.25, -0.2) is 0 Å². The van der Waals surface area contributed by atoms with E-state index >= 15 is 0 Å². The van der Waals surface area contributed by atoms with Gasteiger partial charge in [0.15, 0.2) is 0 Å². The molecule has 1 heteroatoms. The van der Waals surface area contributed by atoms with Gasteiger partial charge in [-0.2, -0.15) is 0 Å². The Morgan fingerprint density at radius 2 is 2.00 bits per heavy atom. The molecule has 0 aliphatic heterocycles. The normalized spacial score (nSPS) is 11.2. The number of carbonyl (C=O) groups is 1. The average molecular weight is 154 g/mol. The molecule has 0 atom stereocenters. The first-order valence-electron chi connectivity index (χ1n) is 4.37. The van der Waals surface area contributed by atoms with Crippen molar-refractivity contribution in [2.75, 3.05) is 0 Å². The molecule has 0 fully saturated rings.